The average Bonchev–Trinajstić information content (AvgIpc) is 2.77. The molecule has 3 rings (SSSR count). The van der Waals surface area contributed by atoms with E-state index in [-0.39, 0.29) is 19.7 Å². The molecule has 2 heterocycles. The van der Waals surface area contributed by atoms with Crippen molar-refractivity contribution in [3.63, 3.8) is 0 Å². The van der Waals surface area contributed by atoms with Gasteiger partial charge in [-0.3, -0.25) is 4.79 Å². The molecule has 0 aliphatic carbocycles. The first kappa shape index (κ1) is 15.7. The molecule has 0 atom stereocenters. The Bertz CT molecular complexity index is 748. The van der Waals surface area contributed by atoms with Crippen LogP contribution < -0.4 is 0 Å². The smallest absolute Gasteiger partial charge is 0.417 e. The van der Waals surface area contributed by atoms with E-state index in [1.54, 1.807) is 0 Å². The van der Waals surface area contributed by atoms with Crippen molar-refractivity contribution in [2.24, 2.45) is 0 Å². The van der Waals surface area contributed by atoms with E-state index in [4.69, 9.17) is 0 Å². The largest absolute Gasteiger partial charge is 0.439 e. The van der Waals surface area contributed by atoms with E-state index < -0.39 is 28.1 Å². The van der Waals surface area contributed by atoms with Crippen LogP contribution >= 0.6 is 0 Å². The van der Waals surface area contributed by atoms with Gasteiger partial charge < -0.3 is 4.74 Å². The fraction of sp³-hybridized carbons (Fsp3) is 0.333. The molecule has 0 saturated carbocycles. The maximum absolute atomic E-state index is 12.2. The van der Waals surface area contributed by atoms with E-state index >= 15 is 0 Å². The number of ether oxygens (including phenoxy) is 1. The van der Waals surface area contributed by atoms with E-state index in [0.29, 0.717) is 0 Å². The number of carbonyl (C=O) groups excluding carboxylic acids is 2. The van der Waals surface area contributed by atoms with Gasteiger partial charge in [-0.05, 0) is 18.6 Å². The third-order valence-corrected chi connectivity index (χ3v) is 5.35. The maximum atomic E-state index is 12.2. The van der Waals surface area contributed by atoms with Crippen molar-refractivity contribution in [1.82, 2.24) is 9.21 Å². The highest BCUT2D eigenvalue weighted by Crippen LogP contribution is 2.23. The predicted molar refractivity (Wildman–Crippen MR) is 82.7 cm³/mol. The number of hydrogen-bond donors (Lipinski definition) is 0. The number of imide groups is 1. The second-order valence-corrected chi connectivity index (χ2v) is 7.37. The zero-order chi connectivity index (χ0) is 16.6. The quantitative estimate of drug-likeness (QED) is 0.818. The standard InChI is InChI=1S/C15H16N2O5S/c1-11-2-4-12(5-3-11)6-7-23(20,21)16-8-13(9-16)17-14(18)10-22-15(17)19/h2-7,13H,8-10H2,1H3/b7-6+. The molecule has 1 aromatic carbocycles. The molecule has 1 aromatic rings. The lowest BCUT2D eigenvalue weighted by Crippen LogP contribution is -2.61. The Balaban J connectivity index is 1.63. The Hall–Kier alpha value is -2.19. The summed E-state index contributed by atoms with van der Waals surface area (Å²) in [5.74, 6) is -0.424. The Morgan fingerprint density at radius 3 is 2.39 bits per heavy atom. The lowest BCUT2D eigenvalue weighted by Gasteiger charge is -2.40. The molecule has 0 N–H and O–H groups in total. The summed E-state index contributed by atoms with van der Waals surface area (Å²) in [6.07, 6.45) is 0.824. The van der Waals surface area contributed by atoms with Crippen LogP contribution in [0.3, 0.4) is 0 Å². The van der Waals surface area contributed by atoms with Crippen LogP contribution in [0.15, 0.2) is 29.7 Å². The van der Waals surface area contributed by atoms with Gasteiger partial charge >= 0.3 is 6.09 Å². The summed E-state index contributed by atoms with van der Waals surface area (Å²) < 4.78 is 30.2. The van der Waals surface area contributed by atoms with Crippen LogP contribution in [0.2, 0.25) is 0 Å². The molecule has 2 aliphatic rings. The fourth-order valence-corrected chi connectivity index (χ4v) is 3.69. The van der Waals surface area contributed by atoms with Gasteiger partial charge in [-0.25, -0.2) is 18.1 Å². The van der Waals surface area contributed by atoms with Crippen molar-refractivity contribution in [3.8, 4) is 0 Å². The number of amides is 2. The van der Waals surface area contributed by atoms with Gasteiger partial charge in [-0.2, -0.15) is 4.31 Å². The fourth-order valence-electron chi connectivity index (χ4n) is 2.43. The summed E-state index contributed by atoms with van der Waals surface area (Å²) in [6, 6.07) is 7.02. The Labute approximate surface area is 134 Å². The number of hydrogen-bond acceptors (Lipinski definition) is 5. The van der Waals surface area contributed by atoms with Crippen LogP contribution in [0.1, 0.15) is 11.1 Å². The van der Waals surface area contributed by atoms with Gasteiger partial charge in [0.05, 0.1) is 6.04 Å². The summed E-state index contributed by atoms with van der Waals surface area (Å²) >= 11 is 0. The van der Waals surface area contributed by atoms with Crippen molar-refractivity contribution >= 4 is 28.1 Å². The summed E-state index contributed by atoms with van der Waals surface area (Å²) in [6.45, 7) is 1.88. The van der Waals surface area contributed by atoms with Gasteiger partial charge in [-0.1, -0.05) is 29.8 Å². The first-order chi connectivity index (χ1) is 10.9. The van der Waals surface area contributed by atoms with E-state index in [1.165, 1.54) is 10.4 Å². The second kappa shape index (κ2) is 5.78. The van der Waals surface area contributed by atoms with Gasteiger partial charge in [0.15, 0.2) is 6.61 Å². The maximum Gasteiger partial charge on any atom is 0.417 e. The van der Waals surface area contributed by atoms with E-state index in [1.807, 2.05) is 31.2 Å². The lowest BCUT2D eigenvalue weighted by molar-refractivity contribution is -0.128. The van der Waals surface area contributed by atoms with Crippen molar-refractivity contribution < 1.29 is 22.7 Å². The normalized spacial score (nSPS) is 20.1. The van der Waals surface area contributed by atoms with Crippen LogP contribution in [0.25, 0.3) is 6.08 Å². The first-order valence-corrected chi connectivity index (χ1v) is 8.61. The molecule has 0 spiro atoms. The number of benzene rings is 1. The van der Waals surface area contributed by atoms with Crippen LogP contribution in [0.5, 0.6) is 0 Å². The SMILES string of the molecule is Cc1ccc(/C=C/S(=O)(=O)N2CC(N3C(=O)COC3=O)C2)cc1. The van der Waals surface area contributed by atoms with Gasteiger partial charge in [0.2, 0.25) is 10.0 Å². The highest BCUT2D eigenvalue weighted by atomic mass is 32.2. The molecule has 2 saturated heterocycles. The van der Waals surface area contributed by atoms with Crippen LogP contribution in [-0.4, -0.2) is 55.4 Å². The summed E-state index contributed by atoms with van der Waals surface area (Å²) in [5, 5.41) is 1.14. The van der Waals surface area contributed by atoms with Gasteiger partial charge in [-0.15, -0.1) is 0 Å². The minimum Gasteiger partial charge on any atom is -0.439 e. The zero-order valence-electron chi connectivity index (χ0n) is 12.5. The Morgan fingerprint density at radius 2 is 1.83 bits per heavy atom. The van der Waals surface area contributed by atoms with Gasteiger partial charge in [0, 0.05) is 18.5 Å². The molecule has 2 aliphatic heterocycles. The molecule has 0 radical (unpaired) electrons. The Morgan fingerprint density at radius 1 is 1.17 bits per heavy atom. The topological polar surface area (TPSA) is 84.0 Å². The highest BCUT2D eigenvalue weighted by Gasteiger charge is 2.45. The molecule has 2 amide bonds. The zero-order valence-corrected chi connectivity index (χ0v) is 13.3. The number of sulfonamides is 1. The molecule has 122 valence electrons. The molecule has 2 fully saturated rings. The molecule has 0 aromatic heterocycles. The number of nitrogens with zero attached hydrogens (tertiary/aromatic N) is 2. The number of aryl methyl sites for hydroxylation is 1. The summed E-state index contributed by atoms with van der Waals surface area (Å²) in [4.78, 5) is 23.9. The van der Waals surface area contributed by atoms with E-state index in [9.17, 15) is 18.0 Å². The van der Waals surface area contributed by atoms with Crippen molar-refractivity contribution in [1.29, 1.82) is 0 Å². The van der Waals surface area contributed by atoms with Gasteiger partial charge in [0.25, 0.3) is 5.91 Å². The first-order valence-electron chi connectivity index (χ1n) is 7.10. The van der Waals surface area contributed by atoms with Crippen LogP contribution in [0, 0.1) is 6.92 Å². The van der Waals surface area contributed by atoms with Crippen molar-refractivity contribution in [2.45, 2.75) is 13.0 Å². The highest BCUT2D eigenvalue weighted by molar-refractivity contribution is 7.92. The van der Waals surface area contributed by atoms with E-state index in [0.717, 1.165) is 21.4 Å². The third kappa shape index (κ3) is 3.13. The van der Waals surface area contributed by atoms with Crippen LogP contribution in [0.4, 0.5) is 4.79 Å². The summed E-state index contributed by atoms with van der Waals surface area (Å²) in [5.41, 5.74) is 1.88. The molecule has 0 unspecified atom stereocenters. The lowest BCUT2D eigenvalue weighted by atomic mass is 10.1. The minimum atomic E-state index is -3.57. The molecule has 7 nitrogen and oxygen atoms in total. The molecular formula is C15H16N2O5S. The minimum absolute atomic E-state index is 0.0986. The van der Waals surface area contributed by atoms with Crippen LogP contribution in [-0.2, 0) is 19.6 Å². The van der Waals surface area contributed by atoms with Crippen molar-refractivity contribution in [3.05, 3.63) is 40.8 Å². The van der Waals surface area contributed by atoms with Crippen molar-refractivity contribution in [2.75, 3.05) is 19.7 Å². The average molecular weight is 336 g/mol. The predicted octanol–water partition coefficient (Wildman–Crippen LogP) is 0.959. The molecule has 0 bridgehead atoms. The second-order valence-electron chi connectivity index (χ2n) is 5.55. The van der Waals surface area contributed by atoms with Gasteiger partial charge in [0.1, 0.15) is 0 Å². The third-order valence-electron chi connectivity index (χ3n) is 3.85. The van der Waals surface area contributed by atoms with E-state index in [2.05, 4.69) is 4.74 Å². The number of carbonyl (C=O) groups is 2. The number of rotatable bonds is 4. The molecular weight excluding hydrogens is 320 g/mol. The Kier molecular flexibility index (Phi) is 3.95. The molecule has 23 heavy (non-hydrogen) atoms. The molecule has 8 heteroatoms. The monoisotopic (exact) mass is 336 g/mol. The number of cyclic esters (lactones) is 1. The summed E-state index contributed by atoms with van der Waals surface area (Å²) in [7, 11) is -3.57.